The van der Waals surface area contributed by atoms with E-state index < -0.39 is 5.97 Å². The zero-order chi connectivity index (χ0) is 27.3. The first-order chi connectivity index (χ1) is 18.4. The van der Waals surface area contributed by atoms with Gasteiger partial charge in [0, 0.05) is 19.2 Å². The van der Waals surface area contributed by atoms with Crippen molar-refractivity contribution in [1.29, 1.82) is 0 Å². The van der Waals surface area contributed by atoms with E-state index in [0.717, 1.165) is 24.6 Å². The highest BCUT2D eigenvalue weighted by atomic mass is 16.5. The van der Waals surface area contributed by atoms with Crippen molar-refractivity contribution in [1.82, 2.24) is 19.7 Å². The van der Waals surface area contributed by atoms with Gasteiger partial charge in [0.05, 0.1) is 36.1 Å². The first-order valence-corrected chi connectivity index (χ1v) is 13.3. The Balaban J connectivity index is 1.58. The zero-order valence-electron chi connectivity index (χ0n) is 22.3. The Bertz CT molecular complexity index is 1130. The molecule has 0 radical (unpaired) electrons. The number of hydrazine groups is 1. The molecule has 206 valence electrons. The number of aromatic nitrogens is 4. The van der Waals surface area contributed by atoms with Crippen molar-refractivity contribution in [3.05, 3.63) is 42.9 Å². The molecule has 0 spiro atoms. The van der Waals surface area contributed by atoms with E-state index in [-0.39, 0.29) is 6.42 Å². The molecule has 11 heteroatoms. The van der Waals surface area contributed by atoms with Gasteiger partial charge in [-0.3, -0.25) is 14.5 Å². The van der Waals surface area contributed by atoms with Crippen LogP contribution in [0.3, 0.4) is 0 Å². The van der Waals surface area contributed by atoms with Crippen molar-refractivity contribution in [2.45, 2.75) is 71.8 Å². The largest absolute Gasteiger partial charge is 0.494 e. The number of hydrogen-bond donors (Lipinski definition) is 4. The summed E-state index contributed by atoms with van der Waals surface area (Å²) in [6.07, 6.45) is 12.6. The van der Waals surface area contributed by atoms with Gasteiger partial charge in [-0.05, 0) is 49.4 Å². The average Bonchev–Trinajstić information content (AvgIpc) is 3.35. The molecule has 0 amide bonds. The smallest absolute Gasteiger partial charge is 0.303 e. The summed E-state index contributed by atoms with van der Waals surface area (Å²) < 4.78 is 7.62. The maximum Gasteiger partial charge on any atom is 0.303 e. The lowest BCUT2D eigenvalue weighted by Gasteiger charge is -2.20. The molecule has 0 atom stereocenters. The molecule has 0 unspecified atom stereocenters. The second-order valence-corrected chi connectivity index (χ2v) is 9.38. The number of rotatable bonds is 17. The van der Waals surface area contributed by atoms with E-state index >= 15 is 0 Å². The van der Waals surface area contributed by atoms with Crippen molar-refractivity contribution in [2.75, 3.05) is 22.7 Å². The van der Waals surface area contributed by atoms with E-state index in [9.17, 15) is 4.79 Å². The van der Waals surface area contributed by atoms with Gasteiger partial charge >= 0.3 is 5.97 Å². The van der Waals surface area contributed by atoms with Crippen molar-refractivity contribution in [3.63, 3.8) is 0 Å². The number of nitrogens with one attached hydrogen (secondary N) is 1. The Hall–Kier alpha value is -3.86. The molecule has 2 heterocycles. The number of carboxylic acid groups (broad SMARTS) is 1. The number of unbranched alkanes of at least 4 members (excludes halogenated alkanes) is 1. The quantitative estimate of drug-likeness (QED) is 0.104. The van der Waals surface area contributed by atoms with Crippen molar-refractivity contribution in [3.8, 4) is 5.75 Å². The highest BCUT2D eigenvalue weighted by Gasteiger charge is 2.14. The van der Waals surface area contributed by atoms with Crippen LogP contribution in [-0.2, 0) is 11.3 Å². The van der Waals surface area contributed by atoms with Gasteiger partial charge in [0.2, 0.25) is 5.95 Å². The molecule has 0 bridgehead atoms. The predicted molar refractivity (Wildman–Crippen MR) is 150 cm³/mol. The average molecular weight is 525 g/mol. The minimum Gasteiger partial charge on any atom is -0.494 e. The van der Waals surface area contributed by atoms with Gasteiger partial charge in [-0.15, -0.1) is 0 Å². The van der Waals surface area contributed by atoms with Crippen LogP contribution >= 0.6 is 0 Å². The van der Waals surface area contributed by atoms with Crippen LogP contribution in [0.5, 0.6) is 5.75 Å². The maximum absolute atomic E-state index is 10.6. The van der Waals surface area contributed by atoms with E-state index in [4.69, 9.17) is 21.4 Å². The number of hydrogen-bond acceptors (Lipinski definition) is 9. The molecule has 2 aromatic heterocycles. The molecule has 0 aliphatic rings. The summed E-state index contributed by atoms with van der Waals surface area (Å²) in [6.45, 7) is 5.79. The van der Waals surface area contributed by atoms with Gasteiger partial charge in [0.1, 0.15) is 5.75 Å². The molecule has 0 fully saturated rings. The van der Waals surface area contributed by atoms with Crippen LogP contribution in [0.25, 0.3) is 0 Å². The first kappa shape index (κ1) is 28.7. The van der Waals surface area contributed by atoms with Crippen LogP contribution in [0.4, 0.5) is 28.8 Å². The fourth-order valence-corrected chi connectivity index (χ4v) is 4.27. The lowest BCUT2D eigenvalue weighted by Crippen LogP contribution is -2.27. The predicted octanol–water partition coefficient (Wildman–Crippen LogP) is 5.25. The Labute approximate surface area is 224 Å². The van der Waals surface area contributed by atoms with Gasteiger partial charge in [0.25, 0.3) is 0 Å². The number of ether oxygens (including phenoxy) is 1. The summed E-state index contributed by atoms with van der Waals surface area (Å²) in [7, 11) is 0. The Morgan fingerprint density at radius 1 is 1.13 bits per heavy atom. The number of nitrogens with zero attached hydrogens (tertiary/aromatic N) is 5. The highest BCUT2D eigenvalue weighted by Crippen LogP contribution is 2.28. The summed E-state index contributed by atoms with van der Waals surface area (Å²) in [5.41, 5.74) is 7.92. The topological polar surface area (TPSA) is 157 Å². The van der Waals surface area contributed by atoms with Gasteiger partial charge in [-0.25, -0.2) is 10.8 Å². The molecule has 0 saturated carbocycles. The van der Waals surface area contributed by atoms with Crippen molar-refractivity contribution in [2.24, 2.45) is 11.8 Å². The van der Waals surface area contributed by atoms with Crippen LogP contribution in [0.1, 0.15) is 65.2 Å². The van der Waals surface area contributed by atoms with Crippen LogP contribution in [0.15, 0.2) is 42.9 Å². The third-order valence-corrected chi connectivity index (χ3v) is 6.24. The van der Waals surface area contributed by atoms with Crippen molar-refractivity contribution >= 4 is 34.8 Å². The molecule has 38 heavy (non-hydrogen) atoms. The summed E-state index contributed by atoms with van der Waals surface area (Å²) in [6, 6.07) is 7.19. The lowest BCUT2D eigenvalue weighted by atomic mass is 9.95. The Kier molecular flexibility index (Phi) is 11.2. The van der Waals surface area contributed by atoms with E-state index in [1.807, 2.05) is 10.9 Å². The molecule has 3 aromatic rings. The molecule has 1 aromatic carbocycles. The molecular formula is C27H40N8O3. The molecule has 0 saturated heterocycles. The second-order valence-electron chi connectivity index (χ2n) is 9.38. The molecule has 0 aliphatic heterocycles. The summed E-state index contributed by atoms with van der Waals surface area (Å²) in [5, 5.41) is 17.8. The minimum atomic E-state index is -0.798. The van der Waals surface area contributed by atoms with Crippen LogP contribution in [0, 0.1) is 5.92 Å². The van der Waals surface area contributed by atoms with Gasteiger partial charge in [-0.2, -0.15) is 10.1 Å². The van der Waals surface area contributed by atoms with Crippen LogP contribution < -0.4 is 26.6 Å². The molecule has 3 rings (SSSR count). The number of aryl methyl sites for hydroxylation is 1. The van der Waals surface area contributed by atoms with Gasteiger partial charge in [-0.1, -0.05) is 39.5 Å². The Morgan fingerprint density at radius 2 is 1.87 bits per heavy atom. The zero-order valence-corrected chi connectivity index (χ0v) is 22.3. The summed E-state index contributed by atoms with van der Waals surface area (Å²) in [4.78, 5) is 19.4. The fraction of sp³-hybridized carbons (Fsp3) is 0.481. The number of carbonyl (C=O) groups is 1. The van der Waals surface area contributed by atoms with E-state index in [0.29, 0.717) is 48.3 Å². The summed E-state index contributed by atoms with van der Waals surface area (Å²) in [5.74, 6) is 7.66. The fourth-order valence-electron chi connectivity index (χ4n) is 4.27. The van der Waals surface area contributed by atoms with Gasteiger partial charge in [0.15, 0.2) is 5.82 Å². The van der Waals surface area contributed by atoms with Crippen LogP contribution in [0.2, 0.25) is 0 Å². The SMILES string of the molecule is CCCC(CCC)CCn1cc(Nc2ncc(N)c(N(N)c3ccc(OCCCCC(=O)O)cc3)n2)cn1. The lowest BCUT2D eigenvalue weighted by molar-refractivity contribution is -0.137. The van der Waals surface area contributed by atoms with Crippen LogP contribution in [-0.4, -0.2) is 37.4 Å². The Morgan fingerprint density at radius 3 is 2.55 bits per heavy atom. The molecular weight excluding hydrogens is 484 g/mol. The maximum atomic E-state index is 10.6. The number of nitrogen functional groups attached to an aromatic ring is 1. The minimum absolute atomic E-state index is 0.141. The molecule has 0 aliphatic carbocycles. The highest BCUT2D eigenvalue weighted by molar-refractivity contribution is 5.71. The first-order valence-electron chi connectivity index (χ1n) is 13.3. The third-order valence-electron chi connectivity index (χ3n) is 6.24. The number of anilines is 5. The van der Waals surface area contributed by atoms with Crippen molar-refractivity contribution < 1.29 is 14.6 Å². The molecule has 11 nitrogen and oxygen atoms in total. The standard InChI is InChI=1S/C27H40N8O3/c1-3-7-20(8-4-2)14-15-34-19-21(17-31-34)32-27-30-18-24(28)26(33-27)35(29)22-10-12-23(13-11-22)38-16-6-5-9-25(36)37/h10-13,17-20H,3-9,14-16,28-29H2,1-2H3,(H,36,37)(H,30,32,33). The second kappa shape index (κ2) is 14.8. The molecule has 6 N–H and O–H groups in total. The monoisotopic (exact) mass is 524 g/mol. The van der Waals surface area contributed by atoms with Gasteiger partial charge < -0.3 is 20.9 Å². The van der Waals surface area contributed by atoms with E-state index in [1.54, 1.807) is 30.5 Å². The van der Waals surface area contributed by atoms with E-state index in [2.05, 4.69) is 34.2 Å². The summed E-state index contributed by atoms with van der Waals surface area (Å²) >= 11 is 0. The number of benzene rings is 1. The normalized spacial score (nSPS) is 11.1. The third kappa shape index (κ3) is 8.91. The number of aliphatic carboxylic acids is 1. The number of nitrogens with two attached hydrogens (primary N) is 2. The number of carboxylic acids is 1. The van der Waals surface area contributed by atoms with E-state index in [1.165, 1.54) is 36.9 Å².